The van der Waals surface area contributed by atoms with Gasteiger partial charge in [0, 0.05) is 18.8 Å². The van der Waals surface area contributed by atoms with Gasteiger partial charge in [-0.1, -0.05) is 19.4 Å². The van der Waals surface area contributed by atoms with Crippen molar-refractivity contribution >= 4 is 5.91 Å². The topological polar surface area (TPSA) is 69.0 Å². The van der Waals surface area contributed by atoms with Crippen molar-refractivity contribution in [2.75, 3.05) is 6.61 Å². The van der Waals surface area contributed by atoms with Gasteiger partial charge in [-0.05, 0) is 48.9 Å². The average molecular weight is 364 g/mol. The van der Waals surface area contributed by atoms with Crippen LogP contribution in [-0.2, 0) is 13.6 Å². The molecule has 3 rings (SSSR count). The van der Waals surface area contributed by atoms with Gasteiger partial charge in [-0.25, -0.2) is 0 Å². The van der Waals surface area contributed by atoms with Gasteiger partial charge in [0.1, 0.15) is 5.75 Å². The fourth-order valence-corrected chi connectivity index (χ4v) is 2.68. The van der Waals surface area contributed by atoms with Crippen LogP contribution in [0.1, 0.15) is 35.8 Å². The molecule has 1 amide bonds. The van der Waals surface area contributed by atoms with Gasteiger partial charge in [-0.2, -0.15) is 5.10 Å². The summed E-state index contributed by atoms with van der Waals surface area (Å²) in [6, 6.07) is 14.9. The van der Waals surface area contributed by atoms with Crippen molar-refractivity contribution in [2.24, 2.45) is 7.05 Å². The number of unbranched alkanes of at least 4 members (excludes halogenated alkanes) is 1. The van der Waals surface area contributed by atoms with E-state index in [1.165, 1.54) is 0 Å². The molecule has 0 saturated heterocycles. The van der Waals surface area contributed by atoms with Crippen LogP contribution in [0.5, 0.6) is 5.75 Å². The molecule has 1 aromatic carbocycles. The van der Waals surface area contributed by atoms with E-state index in [0.29, 0.717) is 18.7 Å². The van der Waals surface area contributed by atoms with E-state index in [0.717, 1.165) is 35.7 Å². The first-order valence-electron chi connectivity index (χ1n) is 9.12. The Bertz CT molecular complexity index is 873. The van der Waals surface area contributed by atoms with Crippen LogP contribution in [0, 0.1) is 0 Å². The molecule has 0 aliphatic carbocycles. The number of ether oxygens (including phenoxy) is 1. The number of nitrogens with one attached hydrogen (secondary N) is 1. The molecule has 0 aliphatic rings. The minimum absolute atomic E-state index is 0.139. The molecule has 1 N–H and O–H groups in total. The third kappa shape index (κ3) is 4.94. The molecular weight excluding hydrogens is 340 g/mol. The molecule has 0 unspecified atom stereocenters. The lowest BCUT2D eigenvalue weighted by molar-refractivity contribution is 0.0950. The summed E-state index contributed by atoms with van der Waals surface area (Å²) in [5.41, 5.74) is 3.14. The minimum Gasteiger partial charge on any atom is -0.494 e. The van der Waals surface area contributed by atoms with Gasteiger partial charge in [0.2, 0.25) is 0 Å². The van der Waals surface area contributed by atoms with Crippen molar-refractivity contribution in [1.82, 2.24) is 20.1 Å². The zero-order valence-corrected chi connectivity index (χ0v) is 15.7. The highest BCUT2D eigenvalue weighted by Gasteiger charge is 2.10. The Labute approximate surface area is 159 Å². The average Bonchev–Trinajstić information content (AvgIpc) is 3.08. The Hall–Kier alpha value is -3.15. The van der Waals surface area contributed by atoms with Crippen LogP contribution in [0.2, 0.25) is 0 Å². The Kier molecular flexibility index (Phi) is 6.20. The van der Waals surface area contributed by atoms with Gasteiger partial charge >= 0.3 is 0 Å². The predicted molar refractivity (Wildman–Crippen MR) is 104 cm³/mol. The second kappa shape index (κ2) is 8.98. The van der Waals surface area contributed by atoms with E-state index in [-0.39, 0.29) is 5.91 Å². The lowest BCUT2D eigenvalue weighted by atomic mass is 10.2. The summed E-state index contributed by atoms with van der Waals surface area (Å²) in [6.45, 7) is 3.17. The highest BCUT2D eigenvalue weighted by molar-refractivity contribution is 5.94. The Balaban J connectivity index is 1.58. The second-order valence-corrected chi connectivity index (χ2v) is 6.27. The van der Waals surface area contributed by atoms with E-state index in [1.807, 2.05) is 43.4 Å². The molecule has 0 spiro atoms. The number of benzene rings is 1. The Morgan fingerprint density at radius 3 is 2.70 bits per heavy atom. The smallest absolute Gasteiger partial charge is 0.251 e. The van der Waals surface area contributed by atoms with E-state index in [2.05, 4.69) is 22.3 Å². The highest BCUT2D eigenvalue weighted by atomic mass is 16.5. The predicted octanol–water partition coefficient (Wildman–Crippen LogP) is 3.59. The lowest BCUT2D eigenvalue weighted by Gasteiger charge is -2.07. The van der Waals surface area contributed by atoms with Gasteiger partial charge < -0.3 is 10.1 Å². The number of rotatable bonds is 8. The summed E-state index contributed by atoms with van der Waals surface area (Å²) in [6.07, 6.45) is 3.86. The van der Waals surface area contributed by atoms with Gasteiger partial charge in [0.05, 0.1) is 30.2 Å². The van der Waals surface area contributed by atoms with Gasteiger partial charge in [0.15, 0.2) is 0 Å². The maximum absolute atomic E-state index is 12.4. The molecule has 6 heteroatoms. The summed E-state index contributed by atoms with van der Waals surface area (Å²) in [5.74, 6) is 0.643. The first-order chi connectivity index (χ1) is 13.2. The Morgan fingerprint density at radius 2 is 2.00 bits per heavy atom. The maximum atomic E-state index is 12.4. The quantitative estimate of drug-likeness (QED) is 0.620. The summed E-state index contributed by atoms with van der Waals surface area (Å²) < 4.78 is 7.39. The second-order valence-electron chi connectivity index (χ2n) is 6.27. The number of nitrogens with zero attached hydrogens (tertiary/aromatic N) is 3. The zero-order valence-electron chi connectivity index (χ0n) is 15.7. The summed E-state index contributed by atoms with van der Waals surface area (Å²) in [4.78, 5) is 16.7. The number of aryl methyl sites for hydroxylation is 1. The van der Waals surface area contributed by atoms with E-state index in [4.69, 9.17) is 4.74 Å². The number of amides is 1. The van der Waals surface area contributed by atoms with Crippen LogP contribution in [0.15, 0.2) is 54.7 Å². The maximum Gasteiger partial charge on any atom is 0.251 e. The van der Waals surface area contributed by atoms with Crippen LogP contribution in [0.25, 0.3) is 11.4 Å². The molecule has 0 saturated carbocycles. The number of hydrogen-bond donors (Lipinski definition) is 1. The molecule has 0 radical (unpaired) electrons. The number of aromatic nitrogens is 3. The van der Waals surface area contributed by atoms with Crippen molar-refractivity contribution in [3.05, 3.63) is 66.0 Å². The van der Waals surface area contributed by atoms with Crippen LogP contribution >= 0.6 is 0 Å². The molecule has 2 aromatic heterocycles. The highest BCUT2D eigenvalue weighted by Crippen LogP contribution is 2.17. The molecule has 2 heterocycles. The fourth-order valence-electron chi connectivity index (χ4n) is 2.68. The molecule has 3 aromatic rings. The molecule has 0 fully saturated rings. The number of carbonyl (C=O) groups is 1. The molecule has 0 bridgehead atoms. The molecule has 27 heavy (non-hydrogen) atoms. The normalized spacial score (nSPS) is 10.6. The van der Waals surface area contributed by atoms with Crippen LogP contribution in [0.3, 0.4) is 0 Å². The van der Waals surface area contributed by atoms with Crippen molar-refractivity contribution in [2.45, 2.75) is 26.3 Å². The molecular formula is C21H24N4O2. The largest absolute Gasteiger partial charge is 0.494 e. The van der Waals surface area contributed by atoms with Gasteiger partial charge in [0.25, 0.3) is 5.91 Å². The van der Waals surface area contributed by atoms with Gasteiger partial charge in [-0.15, -0.1) is 0 Å². The summed E-state index contributed by atoms with van der Waals surface area (Å²) >= 11 is 0. The molecule has 6 nitrogen and oxygen atoms in total. The Morgan fingerprint density at radius 1 is 1.19 bits per heavy atom. The number of hydrogen-bond acceptors (Lipinski definition) is 4. The monoisotopic (exact) mass is 364 g/mol. The standard InChI is InChI=1S/C21H24N4O2/c1-3-4-13-27-18-10-8-16(9-11-18)21(26)23-15-17-14-20(25(2)24-17)19-7-5-6-12-22-19/h5-12,14H,3-4,13,15H2,1-2H3,(H,23,26). The van der Waals surface area contributed by atoms with Crippen LogP contribution in [0.4, 0.5) is 0 Å². The number of pyridine rings is 1. The van der Waals surface area contributed by atoms with Gasteiger partial charge in [-0.3, -0.25) is 14.5 Å². The molecule has 0 aliphatic heterocycles. The lowest BCUT2D eigenvalue weighted by Crippen LogP contribution is -2.23. The van der Waals surface area contributed by atoms with E-state index < -0.39 is 0 Å². The van der Waals surface area contributed by atoms with Crippen LogP contribution in [-0.4, -0.2) is 27.3 Å². The summed E-state index contributed by atoms with van der Waals surface area (Å²) in [5, 5.41) is 7.35. The van der Waals surface area contributed by atoms with Crippen molar-refractivity contribution in [3.63, 3.8) is 0 Å². The van der Waals surface area contributed by atoms with Crippen molar-refractivity contribution < 1.29 is 9.53 Å². The van der Waals surface area contributed by atoms with E-state index >= 15 is 0 Å². The number of carbonyl (C=O) groups excluding carboxylic acids is 1. The molecule has 140 valence electrons. The minimum atomic E-state index is -0.139. The van der Waals surface area contributed by atoms with Crippen LogP contribution < -0.4 is 10.1 Å². The van der Waals surface area contributed by atoms with E-state index in [1.54, 1.807) is 23.0 Å². The zero-order chi connectivity index (χ0) is 19.1. The fraction of sp³-hybridized carbons (Fsp3) is 0.286. The summed E-state index contributed by atoms with van der Waals surface area (Å²) in [7, 11) is 1.87. The molecule has 0 atom stereocenters. The SMILES string of the molecule is CCCCOc1ccc(C(=O)NCc2cc(-c3ccccn3)n(C)n2)cc1. The van der Waals surface area contributed by atoms with Crippen molar-refractivity contribution in [3.8, 4) is 17.1 Å². The third-order valence-electron chi connectivity index (χ3n) is 4.17. The first-order valence-corrected chi connectivity index (χ1v) is 9.12. The van der Waals surface area contributed by atoms with E-state index in [9.17, 15) is 4.79 Å². The van der Waals surface area contributed by atoms with Crippen molar-refractivity contribution in [1.29, 1.82) is 0 Å². The first kappa shape index (κ1) is 18.6. The third-order valence-corrected chi connectivity index (χ3v) is 4.17.